The van der Waals surface area contributed by atoms with Crippen LogP contribution in [-0.2, 0) is 12.8 Å². The molecule has 0 unspecified atom stereocenters. The monoisotopic (exact) mass is 501 g/mol. The Hall–Kier alpha value is -2.03. The van der Waals surface area contributed by atoms with Crippen LogP contribution < -0.4 is 10.5 Å². The normalized spacial score (nSPS) is 14.8. The molecule has 0 radical (unpaired) electrons. The number of hydrogen-bond donors (Lipinski definition) is 1. The molecule has 1 saturated heterocycles. The Kier molecular flexibility index (Phi) is 11.4. The maximum Gasteiger partial charge on any atom is 0.155 e. The molecule has 0 spiro atoms. The number of nitriles is 1. The lowest BCUT2D eigenvalue weighted by atomic mass is 9.93. The number of hydrogen-bond acceptors (Lipinski definition) is 4. The molecule has 2 N–H and O–H groups in total. The summed E-state index contributed by atoms with van der Waals surface area (Å²) in [6.07, 6.45) is 7.31. The fraction of sp³-hybridized carbons (Fsp3) is 0.464. The molecule has 0 amide bonds. The van der Waals surface area contributed by atoms with Gasteiger partial charge in [-0.3, -0.25) is 4.90 Å². The summed E-state index contributed by atoms with van der Waals surface area (Å²) in [4.78, 5) is 2.43. The third kappa shape index (κ3) is 8.64. The first-order valence-electron chi connectivity index (χ1n) is 11.9. The number of benzene rings is 2. The van der Waals surface area contributed by atoms with Crippen molar-refractivity contribution in [1.82, 2.24) is 4.90 Å². The van der Waals surface area contributed by atoms with Gasteiger partial charge in [0.2, 0.25) is 0 Å². The Morgan fingerprint density at radius 3 is 2.53 bits per heavy atom. The zero-order valence-corrected chi connectivity index (χ0v) is 22.3. The van der Waals surface area contributed by atoms with E-state index in [1.807, 2.05) is 12.1 Å². The molecular weight excluding hydrogens is 465 g/mol. The molecule has 184 valence electrons. The average molecular weight is 503 g/mol. The second-order valence-electron chi connectivity index (χ2n) is 9.16. The minimum absolute atomic E-state index is 0.0450. The van der Waals surface area contributed by atoms with Gasteiger partial charge in [-0.25, -0.2) is 0 Å². The van der Waals surface area contributed by atoms with E-state index in [9.17, 15) is 0 Å². The van der Waals surface area contributed by atoms with Crippen LogP contribution in [0.15, 0.2) is 36.4 Å². The Labute approximate surface area is 215 Å². The van der Waals surface area contributed by atoms with Gasteiger partial charge in [-0.2, -0.15) is 5.26 Å². The van der Waals surface area contributed by atoms with Crippen molar-refractivity contribution in [3.8, 4) is 11.8 Å². The minimum Gasteiger partial charge on any atom is -0.489 e. The first-order valence-corrected chi connectivity index (χ1v) is 12.8. The van der Waals surface area contributed by atoms with Crippen LogP contribution in [0.25, 0.3) is 6.08 Å². The first kappa shape index (κ1) is 28.2. The summed E-state index contributed by atoms with van der Waals surface area (Å²) in [6.45, 7) is 12.0. The highest BCUT2D eigenvalue weighted by atomic mass is 35.5. The van der Waals surface area contributed by atoms with Crippen LogP contribution in [-0.4, -0.2) is 42.6 Å². The number of halogens is 2. The topological polar surface area (TPSA) is 62.3 Å². The SMILES string of the molecule is C/C=C\c1cc(CCN2CC(C)(N)C2)ccc1C.CCCc1cc(Cl)c(OCCCl)c(C#N)c1. The molecule has 2 aromatic carbocycles. The molecule has 0 aromatic heterocycles. The quantitative estimate of drug-likeness (QED) is 0.404. The van der Waals surface area contributed by atoms with E-state index < -0.39 is 0 Å². The molecule has 3 rings (SSSR count). The number of allylic oxidation sites excluding steroid dienone is 1. The van der Waals surface area contributed by atoms with Crippen LogP contribution in [0.1, 0.15) is 55.0 Å². The Morgan fingerprint density at radius 2 is 1.94 bits per heavy atom. The van der Waals surface area contributed by atoms with Gasteiger partial charge < -0.3 is 10.5 Å². The molecule has 1 heterocycles. The molecule has 1 aliphatic rings. The predicted octanol–water partition coefficient (Wildman–Crippen LogP) is 6.39. The standard InChI is InChI=1S/C16H24N2.C12H13Cl2NO/c1-4-5-15-10-14(7-6-13(15)2)8-9-18-11-16(3,17)12-18;1-2-3-9-6-10(8-15)12(11(14)7-9)16-5-4-13/h4-7,10H,8-9,11-12,17H2,1-3H3;6-7H,2-5H2,1H3/b5-4-;. The van der Waals surface area contributed by atoms with Gasteiger partial charge in [-0.1, -0.05) is 55.3 Å². The highest BCUT2D eigenvalue weighted by molar-refractivity contribution is 6.32. The third-order valence-corrected chi connectivity index (χ3v) is 6.10. The van der Waals surface area contributed by atoms with E-state index in [4.69, 9.17) is 38.9 Å². The number of rotatable bonds is 9. The van der Waals surface area contributed by atoms with Crippen LogP contribution in [0.2, 0.25) is 5.02 Å². The molecule has 34 heavy (non-hydrogen) atoms. The second kappa shape index (κ2) is 13.8. The van der Waals surface area contributed by atoms with Crippen molar-refractivity contribution in [2.75, 3.05) is 32.1 Å². The van der Waals surface area contributed by atoms with Crippen molar-refractivity contribution in [2.45, 2.75) is 52.5 Å². The number of likely N-dealkylation sites (tertiary alicyclic amines) is 1. The van der Waals surface area contributed by atoms with E-state index in [0.717, 1.165) is 44.5 Å². The summed E-state index contributed by atoms with van der Waals surface area (Å²) < 4.78 is 5.35. The van der Waals surface area contributed by atoms with Gasteiger partial charge >= 0.3 is 0 Å². The molecular formula is C28H37Cl2N3O. The van der Waals surface area contributed by atoms with E-state index in [2.05, 4.69) is 69.0 Å². The van der Waals surface area contributed by atoms with Crippen molar-refractivity contribution >= 4 is 29.3 Å². The zero-order chi connectivity index (χ0) is 25.1. The third-order valence-electron chi connectivity index (χ3n) is 5.66. The van der Waals surface area contributed by atoms with Gasteiger partial charge in [0.15, 0.2) is 5.75 Å². The van der Waals surface area contributed by atoms with Crippen molar-refractivity contribution in [3.63, 3.8) is 0 Å². The summed E-state index contributed by atoms with van der Waals surface area (Å²) in [5.74, 6) is 0.808. The number of nitrogens with two attached hydrogens (primary N) is 1. The van der Waals surface area contributed by atoms with Gasteiger partial charge in [-0.05, 0) is 68.0 Å². The molecule has 1 aliphatic heterocycles. The minimum atomic E-state index is 0.0450. The fourth-order valence-corrected chi connectivity index (χ4v) is 4.45. The second-order valence-corrected chi connectivity index (χ2v) is 9.94. The molecule has 0 aliphatic carbocycles. The molecule has 4 nitrogen and oxygen atoms in total. The average Bonchev–Trinajstić information content (AvgIpc) is 2.78. The summed E-state index contributed by atoms with van der Waals surface area (Å²) in [5.41, 5.74) is 11.7. The smallest absolute Gasteiger partial charge is 0.155 e. The molecule has 2 aromatic rings. The van der Waals surface area contributed by atoms with Crippen LogP contribution in [0.4, 0.5) is 0 Å². The van der Waals surface area contributed by atoms with E-state index in [1.54, 1.807) is 0 Å². The molecule has 1 fully saturated rings. The van der Waals surface area contributed by atoms with E-state index in [0.29, 0.717) is 28.8 Å². The largest absolute Gasteiger partial charge is 0.489 e. The number of ether oxygens (including phenoxy) is 1. The predicted molar refractivity (Wildman–Crippen MR) is 145 cm³/mol. The summed E-state index contributed by atoms with van der Waals surface area (Å²) in [6, 6.07) is 12.5. The van der Waals surface area contributed by atoms with Crippen LogP contribution in [0.5, 0.6) is 5.75 Å². The maximum atomic E-state index is 9.01. The summed E-state index contributed by atoms with van der Waals surface area (Å²) in [7, 11) is 0. The van der Waals surface area contributed by atoms with Gasteiger partial charge in [0.1, 0.15) is 12.7 Å². The molecule has 0 atom stereocenters. The van der Waals surface area contributed by atoms with Crippen molar-refractivity contribution in [2.24, 2.45) is 5.73 Å². The van der Waals surface area contributed by atoms with E-state index in [-0.39, 0.29) is 5.54 Å². The highest BCUT2D eigenvalue weighted by Crippen LogP contribution is 2.30. The van der Waals surface area contributed by atoms with Crippen LogP contribution in [0, 0.1) is 18.3 Å². The van der Waals surface area contributed by atoms with Gasteiger partial charge in [-0.15, -0.1) is 11.6 Å². The number of alkyl halides is 1. The number of aryl methyl sites for hydroxylation is 2. The number of nitrogens with zero attached hydrogens (tertiary/aromatic N) is 2. The lowest BCUT2D eigenvalue weighted by Gasteiger charge is -2.45. The summed E-state index contributed by atoms with van der Waals surface area (Å²) >= 11 is 11.6. The fourth-order valence-electron chi connectivity index (χ4n) is 4.08. The molecule has 0 saturated carbocycles. The highest BCUT2D eigenvalue weighted by Gasteiger charge is 2.33. The van der Waals surface area contributed by atoms with Gasteiger partial charge in [0, 0.05) is 25.2 Å². The maximum absolute atomic E-state index is 9.01. The Bertz CT molecular complexity index is 1000. The lowest BCUT2D eigenvalue weighted by Crippen LogP contribution is -2.65. The first-order chi connectivity index (χ1) is 16.2. The van der Waals surface area contributed by atoms with Crippen molar-refractivity contribution in [1.29, 1.82) is 5.26 Å². The van der Waals surface area contributed by atoms with Crippen molar-refractivity contribution in [3.05, 3.63) is 69.2 Å². The lowest BCUT2D eigenvalue weighted by molar-refractivity contribution is 0.0855. The van der Waals surface area contributed by atoms with Crippen LogP contribution >= 0.6 is 23.2 Å². The van der Waals surface area contributed by atoms with E-state index in [1.165, 1.54) is 16.7 Å². The summed E-state index contributed by atoms with van der Waals surface area (Å²) in [5, 5.41) is 9.49. The van der Waals surface area contributed by atoms with Gasteiger partial charge in [0.25, 0.3) is 0 Å². The zero-order valence-electron chi connectivity index (χ0n) is 20.8. The molecule has 6 heteroatoms. The Balaban J connectivity index is 0.000000242. The Morgan fingerprint density at radius 1 is 1.21 bits per heavy atom. The van der Waals surface area contributed by atoms with Gasteiger partial charge in [0.05, 0.1) is 16.5 Å². The van der Waals surface area contributed by atoms with E-state index >= 15 is 0 Å². The van der Waals surface area contributed by atoms with Crippen LogP contribution in [0.3, 0.4) is 0 Å². The molecule has 0 bridgehead atoms. The van der Waals surface area contributed by atoms with Crippen molar-refractivity contribution < 1.29 is 4.74 Å².